The van der Waals surface area contributed by atoms with Gasteiger partial charge in [-0.05, 0) is 38.0 Å². The molecule has 1 saturated heterocycles. The number of piperidine rings is 1. The van der Waals surface area contributed by atoms with Gasteiger partial charge in [0, 0.05) is 18.1 Å². The molecule has 0 aliphatic carbocycles. The zero-order valence-electron chi connectivity index (χ0n) is 13.1. The minimum Gasteiger partial charge on any atom is -0.479 e. The molecule has 1 aliphatic rings. The van der Waals surface area contributed by atoms with Gasteiger partial charge in [0.1, 0.15) is 5.75 Å². The summed E-state index contributed by atoms with van der Waals surface area (Å²) in [5.41, 5.74) is 0. The van der Waals surface area contributed by atoms with Crippen molar-refractivity contribution < 1.29 is 19.1 Å². The van der Waals surface area contributed by atoms with Crippen LogP contribution in [0.4, 0.5) is 0 Å². The number of carbonyl (C=O) groups is 2. The van der Waals surface area contributed by atoms with E-state index < -0.39 is 6.10 Å². The summed E-state index contributed by atoms with van der Waals surface area (Å²) >= 11 is 11.9. The van der Waals surface area contributed by atoms with Gasteiger partial charge in [-0.3, -0.25) is 9.59 Å². The monoisotopic (exact) mass is 359 g/mol. The van der Waals surface area contributed by atoms with Crippen molar-refractivity contribution in [3.63, 3.8) is 0 Å². The summed E-state index contributed by atoms with van der Waals surface area (Å²) in [6, 6.07) is 4.86. The molecule has 1 aliphatic heterocycles. The Kier molecular flexibility index (Phi) is 6.13. The first-order valence-corrected chi connectivity index (χ1v) is 8.16. The number of carbonyl (C=O) groups excluding carboxylic acids is 2. The van der Waals surface area contributed by atoms with E-state index in [9.17, 15) is 9.59 Å². The van der Waals surface area contributed by atoms with E-state index in [4.69, 9.17) is 32.7 Å². The van der Waals surface area contributed by atoms with Crippen LogP contribution in [0.1, 0.15) is 19.8 Å². The van der Waals surface area contributed by atoms with E-state index in [0.29, 0.717) is 41.7 Å². The number of hydrogen-bond acceptors (Lipinski definition) is 4. The van der Waals surface area contributed by atoms with Gasteiger partial charge in [0.25, 0.3) is 5.91 Å². The smallest absolute Gasteiger partial charge is 0.308 e. The third-order valence-electron chi connectivity index (χ3n) is 3.89. The molecule has 0 saturated carbocycles. The van der Waals surface area contributed by atoms with Crippen LogP contribution in [0.3, 0.4) is 0 Å². The zero-order valence-corrected chi connectivity index (χ0v) is 14.6. The van der Waals surface area contributed by atoms with Crippen LogP contribution in [-0.2, 0) is 14.3 Å². The van der Waals surface area contributed by atoms with Gasteiger partial charge in [-0.25, -0.2) is 0 Å². The molecular weight excluding hydrogens is 341 g/mol. The van der Waals surface area contributed by atoms with Gasteiger partial charge in [-0.1, -0.05) is 23.2 Å². The van der Waals surface area contributed by atoms with E-state index in [1.54, 1.807) is 30.0 Å². The number of ether oxygens (including phenoxy) is 2. The minimum atomic E-state index is -0.664. The number of amides is 1. The fourth-order valence-corrected chi connectivity index (χ4v) is 3.02. The zero-order chi connectivity index (χ0) is 17.0. The van der Waals surface area contributed by atoms with Crippen molar-refractivity contribution >= 4 is 35.1 Å². The second-order valence-electron chi connectivity index (χ2n) is 5.46. The summed E-state index contributed by atoms with van der Waals surface area (Å²) in [6.45, 7) is 2.71. The molecule has 1 aromatic carbocycles. The molecule has 1 atom stereocenters. The lowest BCUT2D eigenvalue weighted by Crippen LogP contribution is -2.45. The standard InChI is InChI=1S/C16H19Cl2NO4/c1-10(23-14-4-3-12(17)9-13(14)18)15(20)19-7-5-11(6-8-19)16(21)22-2/h3-4,9-11H,5-8H2,1-2H3/t10-/m0/s1. The Balaban J connectivity index is 1.92. The van der Waals surface area contributed by atoms with Gasteiger partial charge in [0.15, 0.2) is 6.10 Å². The Hall–Kier alpha value is -1.46. The van der Waals surface area contributed by atoms with Gasteiger partial charge in [-0.15, -0.1) is 0 Å². The van der Waals surface area contributed by atoms with Crippen molar-refractivity contribution in [2.75, 3.05) is 20.2 Å². The van der Waals surface area contributed by atoms with Gasteiger partial charge in [-0.2, -0.15) is 0 Å². The molecule has 1 amide bonds. The quantitative estimate of drug-likeness (QED) is 0.774. The summed E-state index contributed by atoms with van der Waals surface area (Å²) in [7, 11) is 1.38. The molecule has 0 N–H and O–H groups in total. The number of halogens is 2. The highest BCUT2D eigenvalue weighted by atomic mass is 35.5. The van der Waals surface area contributed by atoms with Crippen molar-refractivity contribution in [1.29, 1.82) is 0 Å². The number of rotatable bonds is 4. The predicted molar refractivity (Wildman–Crippen MR) is 87.9 cm³/mol. The molecule has 1 aromatic rings. The Labute approximate surface area is 145 Å². The van der Waals surface area contributed by atoms with E-state index in [2.05, 4.69) is 0 Å². The van der Waals surface area contributed by atoms with E-state index in [0.717, 1.165) is 0 Å². The highest BCUT2D eigenvalue weighted by molar-refractivity contribution is 6.35. The van der Waals surface area contributed by atoms with Crippen LogP contribution in [-0.4, -0.2) is 43.1 Å². The maximum absolute atomic E-state index is 12.4. The van der Waals surface area contributed by atoms with Crippen molar-refractivity contribution in [1.82, 2.24) is 4.90 Å². The molecule has 126 valence electrons. The molecule has 1 heterocycles. The lowest BCUT2D eigenvalue weighted by atomic mass is 9.97. The van der Waals surface area contributed by atoms with E-state index in [-0.39, 0.29) is 17.8 Å². The fourth-order valence-electron chi connectivity index (χ4n) is 2.57. The predicted octanol–water partition coefficient (Wildman–Crippen LogP) is 3.17. The Morgan fingerprint density at radius 3 is 2.48 bits per heavy atom. The number of esters is 1. The molecule has 23 heavy (non-hydrogen) atoms. The molecule has 1 fully saturated rings. The Bertz CT molecular complexity index is 585. The summed E-state index contributed by atoms with van der Waals surface area (Å²) in [6.07, 6.45) is 0.544. The molecule has 0 radical (unpaired) electrons. The van der Waals surface area contributed by atoms with Gasteiger partial charge in [0.05, 0.1) is 18.1 Å². The molecule has 0 bridgehead atoms. The molecule has 5 nitrogen and oxygen atoms in total. The fraction of sp³-hybridized carbons (Fsp3) is 0.500. The second kappa shape index (κ2) is 7.88. The first-order valence-electron chi connectivity index (χ1n) is 7.40. The topological polar surface area (TPSA) is 55.8 Å². The van der Waals surface area contributed by atoms with E-state index >= 15 is 0 Å². The number of nitrogens with zero attached hydrogens (tertiary/aromatic N) is 1. The third-order valence-corrected chi connectivity index (χ3v) is 4.42. The largest absolute Gasteiger partial charge is 0.479 e. The van der Waals surface area contributed by atoms with Crippen LogP contribution in [0.25, 0.3) is 0 Å². The highest BCUT2D eigenvalue weighted by Gasteiger charge is 2.30. The van der Waals surface area contributed by atoms with Crippen LogP contribution >= 0.6 is 23.2 Å². The summed E-state index contributed by atoms with van der Waals surface area (Å²) in [5.74, 6) is -0.0546. The van der Waals surface area contributed by atoms with Crippen LogP contribution in [0, 0.1) is 5.92 Å². The third kappa shape index (κ3) is 4.52. The number of likely N-dealkylation sites (tertiary alicyclic amines) is 1. The Morgan fingerprint density at radius 2 is 1.91 bits per heavy atom. The molecule has 2 rings (SSSR count). The average molecular weight is 360 g/mol. The second-order valence-corrected chi connectivity index (χ2v) is 6.30. The maximum atomic E-state index is 12.4. The van der Waals surface area contributed by atoms with Crippen LogP contribution in [0.2, 0.25) is 10.0 Å². The van der Waals surface area contributed by atoms with Crippen molar-refractivity contribution in [2.45, 2.75) is 25.9 Å². The SMILES string of the molecule is COC(=O)C1CCN(C(=O)[C@H](C)Oc2ccc(Cl)cc2Cl)CC1. The lowest BCUT2D eigenvalue weighted by molar-refractivity contribution is -0.150. The number of hydrogen-bond donors (Lipinski definition) is 0. The number of benzene rings is 1. The number of methoxy groups -OCH3 is 1. The molecule has 0 spiro atoms. The minimum absolute atomic E-state index is 0.126. The van der Waals surface area contributed by atoms with Crippen LogP contribution < -0.4 is 4.74 Å². The normalized spacial score (nSPS) is 16.8. The highest BCUT2D eigenvalue weighted by Crippen LogP contribution is 2.29. The van der Waals surface area contributed by atoms with Crippen LogP contribution in [0.15, 0.2) is 18.2 Å². The van der Waals surface area contributed by atoms with Crippen molar-refractivity contribution in [3.05, 3.63) is 28.2 Å². The first-order chi connectivity index (χ1) is 10.9. The molecule has 0 unspecified atom stereocenters. The van der Waals surface area contributed by atoms with Gasteiger partial charge >= 0.3 is 5.97 Å². The van der Waals surface area contributed by atoms with Crippen molar-refractivity contribution in [3.8, 4) is 5.75 Å². The summed E-state index contributed by atoms with van der Waals surface area (Å²) < 4.78 is 10.4. The Morgan fingerprint density at radius 1 is 1.26 bits per heavy atom. The maximum Gasteiger partial charge on any atom is 0.308 e. The van der Waals surface area contributed by atoms with Crippen molar-refractivity contribution in [2.24, 2.45) is 5.92 Å². The van der Waals surface area contributed by atoms with Gasteiger partial charge in [0.2, 0.25) is 0 Å². The molecular formula is C16H19Cl2NO4. The summed E-state index contributed by atoms with van der Waals surface area (Å²) in [5, 5.41) is 0.868. The summed E-state index contributed by atoms with van der Waals surface area (Å²) in [4.78, 5) is 25.7. The van der Waals surface area contributed by atoms with E-state index in [1.165, 1.54) is 7.11 Å². The lowest BCUT2D eigenvalue weighted by Gasteiger charge is -2.32. The van der Waals surface area contributed by atoms with E-state index in [1.807, 2.05) is 0 Å². The first kappa shape index (κ1) is 17.9. The van der Waals surface area contributed by atoms with Crippen LogP contribution in [0.5, 0.6) is 5.75 Å². The average Bonchev–Trinajstić information content (AvgIpc) is 2.56. The molecule has 7 heteroatoms. The van der Waals surface area contributed by atoms with Gasteiger partial charge < -0.3 is 14.4 Å². The molecule has 0 aromatic heterocycles.